The first-order valence-corrected chi connectivity index (χ1v) is 7.37. The third kappa shape index (κ3) is 2.80. The van der Waals surface area contributed by atoms with Crippen molar-refractivity contribution in [1.82, 2.24) is 19.7 Å². The summed E-state index contributed by atoms with van der Waals surface area (Å²) in [6.45, 7) is 3.14. The van der Waals surface area contributed by atoms with Crippen molar-refractivity contribution in [3.8, 4) is 0 Å². The maximum absolute atomic E-state index is 12.1. The molecule has 3 heterocycles. The summed E-state index contributed by atoms with van der Waals surface area (Å²) < 4.78 is 1.70. The quantitative estimate of drug-likeness (QED) is 0.883. The average Bonchev–Trinajstić information content (AvgIpc) is 2.97. The highest BCUT2D eigenvalue weighted by atomic mass is 32.1. The first-order chi connectivity index (χ1) is 10.0. The standard InChI is InChI=1S/C13H15N5O2S/c1-8-15-4-11(21-8)2-12(19)17-6-10(7-17)18-5-9(3-16-18)13(14)20/h3-5,10H,2,6-7H2,1H3,(H2,14,20). The smallest absolute Gasteiger partial charge is 0.251 e. The van der Waals surface area contributed by atoms with Gasteiger partial charge in [0.1, 0.15) is 0 Å². The number of aryl methyl sites for hydroxylation is 1. The Balaban J connectivity index is 1.55. The molecular weight excluding hydrogens is 290 g/mol. The lowest BCUT2D eigenvalue weighted by Crippen LogP contribution is -2.51. The van der Waals surface area contributed by atoms with Crippen LogP contribution in [0.25, 0.3) is 0 Å². The minimum absolute atomic E-state index is 0.0946. The first kappa shape index (κ1) is 13.7. The second-order valence-corrected chi connectivity index (χ2v) is 6.37. The number of nitrogens with two attached hydrogens (primary N) is 1. The lowest BCUT2D eigenvalue weighted by Gasteiger charge is -2.39. The minimum atomic E-state index is -0.492. The van der Waals surface area contributed by atoms with E-state index in [4.69, 9.17) is 5.73 Å². The zero-order valence-electron chi connectivity index (χ0n) is 11.5. The molecule has 2 N–H and O–H groups in total. The largest absolute Gasteiger partial charge is 0.366 e. The molecule has 21 heavy (non-hydrogen) atoms. The van der Waals surface area contributed by atoms with Crippen LogP contribution >= 0.6 is 11.3 Å². The van der Waals surface area contributed by atoms with Crippen molar-refractivity contribution in [3.63, 3.8) is 0 Å². The van der Waals surface area contributed by atoms with Gasteiger partial charge in [0.25, 0.3) is 5.91 Å². The Bertz CT molecular complexity index is 686. The number of carbonyl (C=O) groups excluding carboxylic acids is 2. The van der Waals surface area contributed by atoms with Gasteiger partial charge in [-0.2, -0.15) is 5.10 Å². The number of nitrogens with zero attached hydrogens (tertiary/aromatic N) is 4. The number of amides is 2. The van der Waals surface area contributed by atoms with E-state index < -0.39 is 5.91 Å². The van der Waals surface area contributed by atoms with Gasteiger partial charge in [0.15, 0.2) is 0 Å². The zero-order chi connectivity index (χ0) is 15.0. The van der Waals surface area contributed by atoms with Crippen LogP contribution < -0.4 is 5.73 Å². The van der Waals surface area contributed by atoms with Crippen LogP contribution in [-0.4, -0.2) is 44.6 Å². The number of aromatic nitrogens is 3. The van der Waals surface area contributed by atoms with E-state index in [2.05, 4.69) is 10.1 Å². The summed E-state index contributed by atoms with van der Waals surface area (Å²) in [5.41, 5.74) is 5.58. The Morgan fingerprint density at radius 2 is 2.19 bits per heavy atom. The molecule has 1 aliphatic rings. The predicted molar refractivity (Wildman–Crippen MR) is 76.9 cm³/mol. The first-order valence-electron chi connectivity index (χ1n) is 6.56. The van der Waals surface area contributed by atoms with Crippen LogP contribution in [0.2, 0.25) is 0 Å². The molecule has 7 nitrogen and oxygen atoms in total. The second-order valence-electron chi connectivity index (χ2n) is 5.05. The van der Waals surface area contributed by atoms with Crippen molar-refractivity contribution >= 4 is 23.2 Å². The van der Waals surface area contributed by atoms with Crippen molar-refractivity contribution in [3.05, 3.63) is 34.0 Å². The van der Waals surface area contributed by atoms with Crippen molar-refractivity contribution in [2.45, 2.75) is 19.4 Å². The maximum Gasteiger partial charge on any atom is 0.251 e. The van der Waals surface area contributed by atoms with Crippen LogP contribution in [0.3, 0.4) is 0 Å². The van der Waals surface area contributed by atoms with Crippen LogP contribution in [0.15, 0.2) is 18.6 Å². The Hall–Kier alpha value is -2.22. The fourth-order valence-corrected chi connectivity index (χ4v) is 3.03. The van der Waals surface area contributed by atoms with E-state index >= 15 is 0 Å². The molecular formula is C13H15N5O2S. The zero-order valence-corrected chi connectivity index (χ0v) is 12.3. The van der Waals surface area contributed by atoms with Crippen LogP contribution in [-0.2, 0) is 11.2 Å². The Kier molecular flexibility index (Phi) is 3.46. The van der Waals surface area contributed by atoms with Crippen molar-refractivity contribution in [2.24, 2.45) is 5.73 Å². The summed E-state index contributed by atoms with van der Waals surface area (Å²) >= 11 is 1.54. The molecule has 3 rings (SSSR count). The minimum Gasteiger partial charge on any atom is -0.366 e. The van der Waals surface area contributed by atoms with E-state index in [0.717, 1.165) is 9.88 Å². The molecule has 0 saturated carbocycles. The number of hydrogen-bond acceptors (Lipinski definition) is 5. The molecule has 0 radical (unpaired) electrons. The highest BCUT2D eigenvalue weighted by molar-refractivity contribution is 7.11. The number of carbonyl (C=O) groups is 2. The van der Waals surface area contributed by atoms with Gasteiger partial charge in [-0.15, -0.1) is 11.3 Å². The molecule has 0 aromatic carbocycles. The number of primary amides is 1. The van der Waals surface area contributed by atoms with E-state index in [0.29, 0.717) is 25.1 Å². The van der Waals surface area contributed by atoms with E-state index in [9.17, 15) is 9.59 Å². The molecule has 0 bridgehead atoms. The van der Waals surface area contributed by atoms with E-state index in [1.54, 1.807) is 33.3 Å². The number of hydrogen-bond donors (Lipinski definition) is 1. The summed E-state index contributed by atoms with van der Waals surface area (Å²) in [4.78, 5) is 30.0. The van der Waals surface area contributed by atoms with Gasteiger partial charge >= 0.3 is 0 Å². The van der Waals surface area contributed by atoms with Crippen LogP contribution in [0.1, 0.15) is 26.3 Å². The molecule has 0 spiro atoms. The van der Waals surface area contributed by atoms with Crippen molar-refractivity contribution < 1.29 is 9.59 Å². The van der Waals surface area contributed by atoms with Crippen molar-refractivity contribution in [2.75, 3.05) is 13.1 Å². The number of thiazole rings is 1. The molecule has 1 fully saturated rings. The molecule has 0 atom stereocenters. The lowest BCUT2D eigenvalue weighted by molar-refractivity contribution is -0.136. The molecule has 1 saturated heterocycles. The molecule has 2 aromatic heterocycles. The van der Waals surface area contributed by atoms with E-state index in [1.165, 1.54) is 6.20 Å². The molecule has 110 valence electrons. The fourth-order valence-electron chi connectivity index (χ4n) is 2.24. The molecule has 0 aliphatic carbocycles. The fraction of sp³-hybridized carbons (Fsp3) is 0.385. The average molecular weight is 305 g/mol. The molecule has 2 aromatic rings. The van der Waals surface area contributed by atoms with E-state index in [-0.39, 0.29) is 11.9 Å². The Labute approximate surface area is 125 Å². The maximum atomic E-state index is 12.1. The highest BCUT2D eigenvalue weighted by Crippen LogP contribution is 2.22. The summed E-state index contributed by atoms with van der Waals surface area (Å²) in [6.07, 6.45) is 5.22. The van der Waals surface area contributed by atoms with Crippen LogP contribution in [0.4, 0.5) is 0 Å². The lowest BCUT2D eigenvalue weighted by atomic mass is 10.1. The summed E-state index contributed by atoms with van der Waals surface area (Å²) in [5.74, 6) is -0.397. The monoisotopic (exact) mass is 305 g/mol. The van der Waals surface area contributed by atoms with Gasteiger partial charge in [0.05, 0.1) is 29.2 Å². The van der Waals surface area contributed by atoms with Gasteiger partial charge in [-0.1, -0.05) is 0 Å². The molecule has 8 heteroatoms. The summed E-state index contributed by atoms with van der Waals surface area (Å²) in [7, 11) is 0. The van der Waals surface area contributed by atoms with E-state index in [1.807, 2.05) is 6.92 Å². The van der Waals surface area contributed by atoms with Crippen LogP contribution in [0.5, 0.6) is 0 Å². The molecule has 2 amide bonds. The molecule has 0 unspecified atom stereocenters. The van der Waals surface area contributed by atoms with Gasteiger partial charge in [-0.05, 0) is 6.92 Å². The third-order valence-electron chi connectivity index (χ3n) is 3.47. The van der Waals surface area contributed by atoms with Gasteiger partial charge in [-0.25, -0.2) is 4.98 Å². The SMILES string of the molecule is Cc1ncc(CC(=O)N2CC(n3cc(C(N)=O)cn3)C2)s1. The van der Waals surface area contributed by atoms with Gasteiger partial charge in [0.2, 0.25) is 5.91 Å². The third-order valence-corrected chi connectivity index (χ3v) is 4.38. The van der Waals surface area contributed by atoms with Crippen molar-refractivity contribution in [1.29, 1.82) is 0 Å². The molecule has 1 aliphatic heterocycles. The van der Waals surface area contributed by atoms with Gasteiger partial charge in [0, 0.05) is 30.4 Å². The Morgan fingerprint density at radius 1 is 1.43 bits per heavy atom. The summed E-state index contributed by atoms with van der Waals surface area (Å²) in [5, 5.41) is 5.08. The highest BCUT2D eigenvalue weighted by Gasteiger charge is 2.32. The van der Waals surface area contributed by atoms with Gasteiger partial charge < -0.3 is 10.6 Å². The van der Waals surface area contributed by atoms with Crippen LogP contribution in [0, 0.1) is 6.92 Å². The number of rotatable bonds is 4. The second kappa shape index (κ2) is 5.28. The number of likely N-dealkylation sites (tertiary alicyclic amines) is 1. The summed E-state index contributed by atoms with van der Waals surface area (Å²) in [6, 6.07) is 0.116. The predicted octanol–water partition coefficient (Wildman–Crippen LogP) is 0.373. The Morgan fingerprint density at radius 3 is 2.76 bits per heavy atom. The normalized spacial score (nSPS) is 15.0. The van der Waals surface area contributed by atoms with Gasteiger partial charge in [-0.3, -0.25) is 14.3 Å². The topological polar surface area (TPSA) is 94.1 Å².